The SMILES string of the molecule is Nc1cc(F)c(F)cc1C=CCCl. The van der Waals surface area contributed by atoms with Crippen LogP contribution in [0, 0.1) is 11.6 Å². The fourth-order valence-corrected chi connectivity index (χ4v) is 0.983. The summed E-state index contributed by atoms with van der Waals surface area (Å²) >= 11 is 5.38. The summed E-state index contributed by atoms with van der Waals surface area (Å²) in [4.78, 5) is 0. The summed E-state index contributed by atoms with van der Waals surface area (Å²) in [5.41, 5.74) is 6.05. The zero-order chi connectivity index (χ0) is 9.84. The van der Waals surface area contributed by atoms with Crippen LogP contribution < -0.4 is 5.73 Å². The molecule has 70 valence electrons. The van der Waals surface area contributed by atoms with Gasteiger partial charge in [-0.15, -0.1) is 11.6 Å². The standard InChI is InChI=1S/C9H8ClF2N/c10-3-1-2-6-4-7(11)8(12)5-9(6)13/h1-2,4-5H,3,13H2. The Morgan fingerprint density at radius 2 is 1.92 bits per heavy atom. The number of alkyl halides is 1. The first kappa shape index (κ1) is 9.99. The van der Waals surface area contributed by atoms with Gasteiger partial charge in [-0.05, 0) is 6.07 Å². The second-order valence-corrected chi connectivity index (χ2v) is 2.76. The monoisotopic (exact) mass is 203 g/mol. The van der Waals surface area contributed by atoms with Gasteiger partial charge < -0.3 is 5.73 Å². The maximum absolute atomic E-state index is 12.7. The Bertz CT molecular complexity index is 337. The van der Waals surface area contributed by atoms with E-state index in [-0.39, 0.29) is 5.69 Å². The summed E-state index contributed by atoms with van der Waals surface area (Å²) in [7, 11) is 0. The zero-order valence-electron chi connectivity index (χ0n) is 6.73. The van der Waals surface area contributed by atoms with Crippen LogP contribution in [0.15, 0.2) is 18.2 Å². The molecule has 4 heteroatoms. The molecule has 1 aromatic rings. The molecule has 0 fully saturated rings. The molecular weight excluding hydrogens is 196 g/mol. The molecule has 0 aliphatic carbocycles. The Labute approximate surface area is 79.8 Å². The molecule has 0 saturated heterocycles. The average Bonchev–Trinajstić information content (AvgIpc) is 2.09. The minimum Gasteiger partial charge on any atom is -0.398 e. The van der Waals surface area contributed by atoms with E-state index in [1.165, 1.54) is 0 Å². The number of benzene rings is 1. The van der Waals surface area contributed by atoms with E-state index in [0.29, 0.717) is 11.4 Å². The van der Waals surface area contributed by atoms with Gasteiger partial charge in [0.1, 0.15) is 0 Å². The highest BCUT2D eigenvalue weighted by Crippen LogP contribution is 2.18. The van der Waals surface area contributed by atoms with Crippen molar-refractivity contribution in [2.24, 2.45) is 0 Å². The number of nitrogens with two attached hydrogens (primary N) is 1. The van der Waals surface area contributed by atoms with Crippen molar-refractivity contribution in [3.05, 3.63) is 35.4 Å². The number of anilines is 1. The lowest BCUT2D eigenvalue weighted by atomic mass is 10.1. The van der Waals surface area contributed by atoms with Gasteiger partial charge in [0.05, 0.1) is 0 Å². The molecule has 1 aromatic carbocycles. The van der Waals surface area contributed by atoms with Gasteiger partial charge in [-0.2, -0.15) is 0 Å². The van der Waals surface area contributed by atoms with Crippen LogP contribution in [0.3, 0.4) is 0 Å². The summed E-state index contributed by atoms with van der Waals surface area (Å²) < 4.78 is 25.3. The molecule has 0 aromatic heterocycles. The smallest absolute Gasteiger partial charge is 0.160 e. The van der Waals surface area contributed by atoms with Crippen LogP contribution in [0.1, 0.15) is 5.56 Å². The lowest BCUT2D eigenvalue weighted by molar-refractivity contribution is 0.509. The summed E-state index contributed by atoms with van der Waals surface area (Å²) in [5, 5.41) is 0. The van der Waals surface area contributed by atoms with E-state index >= 15 is 0 Å². The van der Waals surface area contributed by atoms with Gasteiger partial charge >= 0.3 is 0 Å². The van der Waals surface area contributed by atoms with E-state index in [1.807, 2.05) is 0 Å². The van der Waals surface area contributed by atoms with Crippen molar-refractivity contribution in [3.63, 3.8) is 0 Å². The lowest BCUT2D eigenvalue weighted by Crippen LogP contribution is -1.93. The van der Waals surface area contributed by atoms with Crippen LogP contribution in [0.4, 0.5) is 14.5 Å². The number of allylic oxidation sites excluding steroid dienone is 1. The number of rotatable bonds is 2. The van der Waals surface area contributed by atoms with Crippen molar-refractivity contribution < 1.29 is 8.78 Å². The highest BCUT2D eigenvalue weighted by atomic mass is 35.5. The van der Waals surface area contributed by atoms with Crippen molar-refractivity contribution in [2.75, 3.05) is 11.6 Å². The predicted octanol–water partition coefficient (Wildman–Crippen LogP) is 2.80. The van der Waals surface area contributed by atoms with E-state index in [1.54, 1.807) is 12.2 Å². The van der Waals surface area contributed by atoms with Crippen molar-refractivity contribution >= 4 is 23.4 Å². The lowest BCUT2D eigenvalue weighted by Gasteiger charge is -2.00. The minimum absolute atomic E-state index is 0.195. The molecule has 0 amide bonds. The van der Waals surface area contributed by atoms with E-state index in [4.69, 9.17) is 17.3 Å². The molecule has 0 unspecified atom stereocenters. The number of hydrogen-bond acceptors (Lipinski definition) is 1. The van der Waals surface area contributed by atoms with E-state index in [2.05, 4.69) is 0 Å². The van der Waals surface area contributed by atoms with Crippen molar-refractivity contribution in [1.29, 1.82) is 0 Å². The quantitative estimate of drug-likeness (QED) is 0.581. The summed E-state index contributed by atoms with van der Waals surface area (Å²) in [6, 6.07) is 1.98. The van der Waals surface area contributed by atoms with Gasteiger partial charge in [-0.1, -0.05) is 12.2 Å². The van der Waals surface area contributed by atoms with Gasteiger partial charge in [-0.3, -0.25) is 0 Å². The van der Waals surface area contributed by atoms with Crippen LogP contribution in [0.25, 0.3) is 6.08 Å². The van der Waals surface area contributed by atoms with Crippen LogP contribution in [-0.2, 0) is 0 Å². The molecule has 0 aliphatic rings. The fraction of sp³-hybridized carbons (Fsp3) is 0.111. The maximum atomic E-state index is 12.7. The van der Waals surface area contributed by atoms with Gasteiger partial charge in [0.25, 0.3) is 0 Å². The van der Waals surface area contributed by atoms with E-state index < -0.39 is 11.6 Å². The first-order chi connectivity index (χ1) is 6.15. The van der Waals surface area contributed by atoms with Crippen LogP contribution >= 0.6 is 11.6 Å². The minimum atomic E-state index is -0.944. The Hall–Kier alpha value is -1.09. The third-order valence-electron chi connectivity index (χ3n) is 1.51. The maximum Gasteiger partial charge on any atom is 0.160 e. The Balaban J connectivity index is 3.08. The summed E-state index contributed by atoms with van der Waals surface area (Å²) in [6.45, 7) is 0. The Kier molecular flexibility index (Phi) is 3.25. The van der Waals surface area contributed by atoms with Crippen LogP contribution in [0.2, 0.25) is 0 Å². The second-order valence-electron chi connectivity index (χ2n) is 2.45. The molecule has 0 saturated carbocycles. The molecule has 0 radical (unpaired) electrons. The molecule has 0 bridgehead atoms. The van der Waals surface area contributed by atoms with E-state index in [9.17, 15) is 8.78 Å². The first-order valence-corrected chi connectivity index (χ1v) is 4.15. The normalized spacial score (nSPS) is 11.0. The third kappa shape index (κ3) is 2.42. The topological polar surface area (TPSA) is 26.0 Å². The predicted molar refractivity (Wildman–Crippen MR) is 50.5 cm³/mol. The van der Waals surface area contributed by atoms with Gasteiger partial charge in [0.2, 0.25) is 0 Å². The molecule has 0 heterocycles. The van der Waals surface area contributed by atoms with E-state index in [0.717, 1.165) is 12.1 Å². The van der Waals surface area contributed by atoms with Crippen LogP contribution in [0.5, 0.6) is 0 Å². The third-order valence-corrected chi connectivity index (χ3v) is 1.69. The summed E-state index contributed by atoms with van der Waals surface area (Å²) in [5.74, 6) is -1.55. The number of halogens is 3. The molecule has 0 spiro atoms. The van der Waals surface area contributed by atoms with Crippen LogP contribution in [-0.4, -0.2) is 5.88 Å². The molecular formula is C9H8ClF2N. The molecule has 1 nitrogen and oxygen atoms in total. The highest BCUT2D eigenvalue weighted by molar-refractivity contribution is 6.19. The molecule has 1 rings (SSSR count). The number of nitrogen functional groups attached to an aromatic ring is 1. The molecule has 0 aliphatic heterocycles. The highest BCUT2D eigenvalue weighted by Gasteiger charge is 2.04. The zero-order valence-corrected chi connectivity index (χ0v) is 7.48. The number of hydrogen-bond donors (Lipinski definition) is 1. The average molecular weight is 204 g/mol. The fourth-order valence-electron chi connectivity index (χ4n) is 0.893. The van der Waals surface area contributed by atoms with Gasteiger partial charge in [0, 0.05) is 23.2 Å². The Morgan fingerprint density at radius 3 is 2.54 bits per heavy atom. The van der Waals surface area contributed by atoms with Crippen molar-refractivity contribution in [3.8, 4) is 0 Å². The Morgan fingerprint density at radius 1 is 1.31 bits per heavy atom. The first-order valence-electron chi connectivity index (χ1n) is 3.62. The molecule has 0 atom stereocenters. The largest absolute Gasteiger partial charge is 0.398 e. The second kappa shape index (κ2) is 4.23. The molecule has 2 N–H and O–H groups in total. The van der Waals surface area contributed by atoms with Gasteiger partial charge in [-0.25, -0.2) is 8.78 Å². The summed E-state index contributed by atoms with van der Waals surface area (Å²) in [6.07, 6.45) is 3.15. The van der Waals surface area contributed by atoms with Gasteiger partial charge in [0.15, 0.2) is 11.6 Å². The molecule has 13 heavy (non-hydrogen) atoms. The van der Waals surface area contributed by atoms with Crippen molar-refractivity contribution in [2.45, 2.75) is 0 Å². The van der Waals surface area contributed by atoms with Crippen molar-refractivity contribution in [1.82, 2.24) is 0 Å².